The molecule has 7 heteroatoms. The zero-order valence-corrected chi connectivity index (χ0v) is 18.3. The predicted octanol–water partition coefficient (Wildman–Crippen LogP) is 4.10. The number of rotatable bonds is 9. The van der Waals surface area contributed by atoms with Crippen molar-refractivity contribution >= 4 is 33.4 Å². The number of nitrogens with zero attached hydrogens (tertiary/aromatic N) is 1. The number of anilines is 1. The molecule has 5 nitrogen and oxygen atoms in total. The minimum atomic E-state index is -3.86. The molecule has 1 N–H and O–H groups in total. The monoisotopic (exact) mass is 440 g/mol. The number of benzene rings is 3. The molecular weight excluding hydrogens is 416 g/mol. The first-order valence-electron chi connectivity index (χ1n) is 9.56. The van der Waals surface area contributed by atoms with Crippen molar-refractivity contribution in [1.82, 2.24) is 5.32 Å². The van der Waals surface area contributed by atoms with Gasteiger partial charge in [0.05, 0.1) is 10.6 Å². The SMILES string of the molecule is Cc1ccc(SCCNC(=O)CN(c2ccccc2)S(=O)(=O)c2ccccc2)cc1. The normalized spacial score (nSPS) is 11.1. The van der Waals surface area contributed by atoms with Crippen LogP contribution in [0.2, 0.25) is 0 Å². The van der Waals surface area contributed by atoms with Crippen LogP contribution in [0.4, 0.5) is 5.69 Å². The van der Waals surface area contributed by atoms with Crippen LogP contribution in [0.3, 0.4) is 0 Å². The van der Waals surface area contributed by atoms with Crippen LogP contribution >= 0.6 is 11.8 Å². The molecule has 0 radical (unpaired) electrons. The van der Waals surface area contributed by atoms with E-state index in [4.69, 9.17) is 0 Å². The van der Waals surface area contributed by atoms with Gasteiger partial charge in [0.2, 0.25) is 5.91 Å². The minimum absolute atomic E-state index is 0.150. The third kappa shape index (κ3) is 5.87. The molecule has 0 saturated carbocycles. The lowest BCUT2D eigenvalue weighted by Crippen LogP contribution is -2.41. The van der Waals surface area contributed by atoms with E-state index < -0.39 is 10.0 Å². The quantitative estimate of drug-likeness (QED) is 0.402. The Morgan fingerprint density at radius 2 is 1.50 bits per heavy atom. The van der Waals surface area contributed by atoms with Crippen molar-refractivity contribution in [1.29, 1.82) is 0 Å². The molecule has 0 aromatic heterocycles. The number of carbonyl (C=O) groups excluding carboxylic acids is 1. The number of carbonyl (C=O) groups is 1. The van der Waals surface area contributed by atoms with E-state index in [0.29, 0.717) is 18.0 Å². The van der Waals surface area contributed by atoms with Crippen LogP contribution in [0.15, 0.2) is 94.7 Å². The summed E-state index contributed by atoms with van der Waals surface area (Å²) in [4.78, 5) is 13.8. The van der Waals surface area contributed by atoms with Gasteiger partial charge in [0.1, 0.15) is 6.54 Å². The molecule has 0 bridgehead atoms. The summed E-state index contributed by atoms with van der Waals surface area (Å²) in [5.74, 6) is 0.355. The highest BCUT2D eigenvalue weighted by Gasteiger charge is 2.26. The average Bonchev–Trinajstić information content (AvgIpc) is 2.77. The van der Waals surface area contributed by atoms with E-state index in [-0.39, 0.29) is 17.3 Å². The molecule has 0 unspecified atom stereocenters. The molecule has 0 aliphatic rings. The van der Waals surface area contributed by atoms with Crippen LogP contribution in [-0.4, -0.2) is 33.2 Å². The minimum Gasteiger partial charge on any atom is -0.354 e. The maximum atomic E-state index is 13.2. The third-order valence-corrected chi connectivity index (χ3v) is 7.18. The Morgan fingerprint density at radius 3 is 2.13 bits per heavy atom. The first-order valence-corrected chi connectivity index (χ1v) is 12.0. The van der Waals surface area contributed by atoms with Gasteiger partial charge in [0, 0.05) is 17.2 Å². The van der Waals surface area contributed by atoms with Crippen molar-refractivity contribution in [2.45, 2.75) is 16.7 Å². The van der Waals surface area contributed by atoms with Crippen molar-refractivity contribution in [3.05, 3.63) is 90.5 Å². The predicted molar refractivity (Wildman–Crippen MR) is 122 cm³/mol. The fraction of sp³-hybridized carbons (Fsp3) is 0.174. The highest BCUT2D eigenvalue weighted by Crippen LogP contribution is 2.23. The lowest BCUT2D eigenvalue weighted by molar-refractivity contribution is -0.119. The standard InChI is InChI=1S/C23H24N2O3S2/c1-19-12-14-21(15-13-19)29-17-16-24-23(26)18-25(20-8-4-2-5-9-20)30(27,28)22-10-6-3-7-11-22/h2-15H,16-18H2,1H3,(H,24,26). The highest BCUT2D eigenvalue weighted by molar-refractivity contribution is 7.99. The van der Waals surface area contributed by atoms with Gasteiger partial charge >= 0.3 is 0 Å². The fourth-order valence-electron chi connectivity index (χ4n) is 2.81. The van der Waals surface area contributed by atoms with E-state index in [1.165, 1.54) is 17.7 Å². The van der Waals surface area contributed by atoms with Crippen molar-refractivity contribution < 1.29 is 13.2 Å². The van der Waals surface area contributed by atoms with Crippen LogP contribution in [-0.2, 0) is 14.8 Å². The first-order chi connectivity index (χ1) is 14.5. The Morgan fingerprint density at radius 1 is 0.900 bits per heavy atom. The average molecular weight is 441 g/mol. The highest BCUT2D eigenvalue weighted by atomic mass is 32.2. The van der Waals surface area contributed by atoms with Gasteiger partial charge in [-0.3, -0.25) is 9.10 Å². The third-order valence-electron chi connectivity index (χ3n) is 4.38. The molecular formula is C23H24N2O3S2. The lowest BCUT2D eigenvalue weighted by Gasteiger charge is -2.24. The molecule has 3 rings (SSSR count). The van der Waals surface area contributed by atoms with Gasteiger partial charge in [-0.2, -0.15) is 0 Å². The second-order valence-electron chi connectivity index (χ2n) is 6.67. The molecule has 1 amide bonds. The van der Waals surface area contributed by atoms with Crippen LogP contribution in [0.5, 0.6) is 0 Å². The molecule has 156 valence electrons. The molecule has 0 heterocycles. The summed E-state index contributed by atoms with van der Waals surface area (Å²) in [5, 5.41) is 2.82. The Balaban J connectivity index is 1.64. The van der Waals surface area contributed by atoms with Crippen LogP contribution in [0.1, 0.15) is 5.56 Å². The molecule has 0 spiro atoms. The molecule has 0 aliphatic heterocycles. The fourth-order valence-corrected chi connectivity index (χ4v) is 5.02. The maximum Gasteiger partial charge on any atom is 0.264 e. The van der Waals surface area contributed by atoms with Gasteiger partial charge in [-0.25, -0.2) is 8.42 Å². The molecule has 0 saturated heterocycles. The molecule has 30 heavy (non-hydrogen) atoms. The van der Waals surface area contributed by atoms with E-state index in [9.17, 15) is 13.2 Å². The van der Waals surface area contributed by atoms with E-state index >= 15 is 0 Å². The summed E-state index contributed by atoms with van der Waals surface area (Å²) in [6.45, 7) is 2.21. The Bertz CT molecular complexity index is 1050. The van der Waals surface area contributed by atoms with Crippen LogP contribution < -0.4 is 9.62 Å². The number of sulfonamides is 1. The largest absolute Gasteiger partial charge is 0.354 e. The molecule has 3 aromatic carbocycles. The van der Waals surface area contributed by atoms with E-state index in [2.05, 4.69) is 5.32 Å². The van der Waals surface area contributed by atoms with Gasteiger partial charge in [-0.15, -0.1) is 11.8 Å². The van der Waals surface area contributed by atoms with Crippen molar-refractivity contribution in [2.24, 2.45) is 0 Å². The summed E-state index contributed by atoms with van der Waals surface area (Å²) >= 11 is 1.64. The van der Waals surface area contributed by atoms with Gasteiger partial charge in [0.25, 0.3) is 10.0 Å². The van der Waals surface area contributed by atoms with Gasteiger partial charge in [0.15, 0.2) is 0 Å². The summed E-state index contributed by atoms with van der Waals surface area (Å²) in [6.07, 6.45) is 0. The smallest absolute Gasteiger partial charge is 0.264 e. The van der Waals surface area contributed by atoms with E-state index in [1.807, 2.05) is 31.2 Å². The number of para-hydroxylation sites is 1. The zero-order chi connectivity index (χ0) is 21.4. The summed E-state index contributed by atoms with van der Waals surface area (Å²) < 4.78 is 27.4. The summed E-state index contributed by atoms with van der Waals surface area (Å²) in [5.41, 5.74) is 1.65. The van der Waals surface area contributed by atoms with E-state index in [1.54, 1.807) is 60.3 Å². The number of thioether (sulfide) groups is 1. The van der Waals surface area contributed by atoms with Gasteiger partial charge in [-0.1, -0.05) is 54.1 Å². The molecule has 0 fully saturated rings. The number of hydrogen-bond donors (Lipinski definition) is 1. The van der Waals surface area contributed by atoms with E-state index in [0.717, 1.165) is 9.20 Å². The number of amides is 1. The molecule has 3 aromatic rings. The van der Waals surface area contributed by atoms with Crippen molar-refractivity contribution in [3.63, 3.8) is 0 Å². The topological polar surface area (TPSA) is 66.5 Å². The van der Waals surface area contributed by atoms with Gasteiger partial charge in [-0.05, 0) is 43.3 Å². The zero-order valence-electron chi connectivity index (χ0n) is 16.7. The molecule has 0 aliphatic carbocycles. The van der Waals surface area contributed by atoms with Crippen molar-refractivity contribution in [2.75, 3.05) is 23.1 Å². The lowest BCUT2D eigenvalue weighted by atomic mass is 10.2. The Labute approximate surface area is 182 Å². The Hall–Kier alpha value is -2.77. The second-order valence-corrected chi connectivity index (χ2v) is 9.70. The summed E-state index contributed by atoms with van der Waals surface area (Å²) in [6, 6.07) is 25.0. The summed E-state index contributed by atoms with van der Waals surface area (Å²) in [7, 11) is -3.86. The Kier molecular flexibility index (Phi) is 7.54. The number of hydrogen-bond acceptors (Lipinski definition) is 4. The van der Waals surface area contributed by atoms with Gasteiger partial charge < -0.3 is 5.32 Å². The number of aryl methyl sites for hydroxylation is 1. The van der Waals surface area contributed by atoms with Crippen LogP contribution in [0.25, 0.3) is 0 Å². The van der Waals surface area contributed by atoms with Crippen LogP contribution in [0, 0.1) is 6.92 Å². The molecule has 0 atom stereocenters. The second kappa shape index (κ2) is 10.3. The van der Waals surface area contributed by atoms with Crippen molar-refractivity contribution in [3.8, 4) is 0 Å². The number of nitrogens with one attached hydrogen (secondary N) is 1. The first kappa shape index (κ1) is 21.9. The maximum absolute atomic E-state index is 13.2.